The van der Waals surface area contributed by atoms with E-state index in [1.807, 2.05) is 19.1 Å². The molecule has 0 unspecified atom stereocenters. The van der Waals surface area contributed by atoms with Gasteiger partial charge in [0.1, 0.15) is 17.5 Å². The lowest BCUT2D eigenvalue weighted by molar-refractivity contribution is -0.142. The summed E-state index contributed by atoms with van der Waals surface area (Å²) in [6.45, 7) is 4.19. The van der Waals surface area contributed by atoms with Crippen LogP contribution in [-0.2, 0) is 11.2 Å². The molecule has 2 N–H and O–H groups in total. The molecule has 1 fully saturated rings. The van der Waals surface area contributed by atoms with Crippen LogP contribution in [-0.4, -0.2) is 40.7 Å². The number of piperidine rings is 1. The lowest BCUT2D eigenvalue weighted by atomic mass is 9.97. The largest absolute Gasteiger partial charge is 0.481 e. The van der Waals surface area contributed by atoms with Gasteiger partial charge in [-0.1, -0.05) is 30.3 Å². The third kappa shape index (κ3) is 4.94. The van der Waals surface area contributed by atoms with Gasteiger partial charge in [0.25, 0.3) is 0 Å². The quantitative estimate of drug-likeness (QED) is 0.744. The highest BCUT2D eigenvalue weighted by Crippen LogP contribution is 2.23. The second-order valence-corrected chi connectivity index (χ2v) is 6.77. The first-order chi connectivity index (χ1) is 12.6. The maximum absolute atomic E-state index is 11.1. The first-order valence-electron chi connectivity index (χ1n) is 9.23. The van der Waals surface area contributed by atoms with Gasteiger partial charge in [-0.15, -0.1) is 0 Å². The summed E-state index contributed by atoms with van der Waals surface area (Å²) in [6, 6.07) is 12.4. The number of nitrogens with one attached hydrogen (secondary N) is 1. The van der Waals surface area contributed by atoms with E-state index in [1.165, 1.54) is 5.56 Å². The number of aliphatic carboxylic acids is 1. The van der Waals surface area contributed by atoms with Crippen LogP contribution < -0.4 is 10.2 Å². The molecule has 2 heterocycles. The van der Waals surface area contributed by atoms with Gasteiger partial charge in [0.15, 0.2) is 0 Å². The third-order valence-corrected chi connectivity index (χ3v) is 4.78. The van der Waals surface area contributed by atoms with Crippen LogP contribution in [0.4, 0.5) is 11.6 Å². The lowest BCUT2D eigenvalue weighted by Crippen LogP contribution is -2.37. The SMILES string of the molecule is Cc1nc(NCCCc2ccccc2)cc(N2CCC(C(=O)O)CC2)n1. The van der Waals surface area contributed by atoms with Crippen molar-refractivity contribution in [3.05, 3.63) is 47.8 Å². The van der Waals surface area contributed by atoms with Crippen molar-refractivity contribution < 1.29 is 9.90 Å². The van der Waals surface area contributed by atoms with E-state index >= 15 is 0 Å². The van der Waals surface area contributed by atoms with Gasteiger partial charge in [0, 0.05) is 25.7 Å². The highest BCUT2D eigenvalue weighted by Gasteiger charge is 2.25. The molecule has 3 rings (SSSR count). The predicted octanol–water partition coefficient (Wildman–Crippen LogP) is 3.13. The molecule has 26 heavy (non-hydrogen) atoms. The van der Waals surface area contributed by atoms with Gasteiger partial charge in [-0.3, -0.25) is 4.79 Å². The van der Waals surface area contributed by atoms with Crippen LogP contribution in [0.2, 0.25) is 0 Å². The van der Waals surface area contributed by atoms with Crippen molar-refractivity contribution in [2.24, 2.45) is 5.92 Å². The van der Waals surface area contributed by atoms with Gasteiger partial charge in [0.2, 0.25) is 0 Å². The monoisotopic (exact) mass is 354 g/mol. The van der Waals surface area contributed by atoms with Crippen molar-refractivity contribution >= 4 is 17.6 Å². The first-order valence-corrected chi connectivity index (χ1v) is 9.23. The standard InChI is InChI=1S/C20H26N4O2/c1-15-22-18(21-11-5-8-16-6-3-2-4-7-16)14-19(23-15)24-12-9-17(10-13-24)20(25)26/h2-4,6-7,14,17H,5,8-13H2,1H3,(H,25,26)(H,21,22,23). The normalized spacial score (nSPS) is 15.0. The summed E-state index contributed by atoms with van der Waals surface area (Å²) in [5.41, 5.74) is 1.34. The minimum atomic E-state index is -0.690. The Kier molecular flexibility index (Phi) is 6.04. The number of carbonyl (C=O) groups is 1. The average Bonchev–Trinajstić information content (AvgIpc) is 2.66. The summed E-state index contributed by atoms with van der Waals surface area (Å²) >= 11 is 0. The van der Waals surface area contributed by atoms with E-state index < -0.39 is 5.97 Å². The molecule has 6 heteroatoms. The Bertz CT molecular complexity index is 728. The molecule has 0 amide bonds. The van der Waals surface area contributed by atoms with E-state index in [0.29, 0.717) is 12.8 Å². The molecular formula is C20H26N4O2. The molecule has 0 atom stereocenters. The molecule has 2 aromatic rings. The Morgan fingerprint density at radius 2 is 1.96 bits per heavy atom. The number of hydrogen-bond acceptors (Lipinski definition) is 5. The van der Waals surface area contributed by atoms with E-state index in [-0.39, 0.29) is 5.92 Å². The number of nitrogens with zero attached hydrogens (tertiary/aromatic N) is 3. The molecule has 0 radical (unpaired) electrons. The molecule has 138 valence electrons. The van der Waals surface area contributed by atoms with E-state index in [4.69, 9.17) is 5.11 Å². The van der Waals surface area contributed by atoms with Crippen LogP contribution in [0.3, 0.4) is 0 Å². The zero-order chi connectivity index (χ0) is 18.4. The molecular weight excluding hydrogens is 328 g/mol. The highest BCUT2D eigenvalue weighted by atomic mass is 16.4. The first kappa shape index (κ1) is 18.2. The Hall–Kier alpha value is -2.63. The van der Waals surface area contributed by atoms with Crippen LogP contribution in [0.15, 0.2) is 36.4 Å². The predicted molar refractivity (Wildman–Crippen MR) is 103 cm³/mol. The smallest absolute Gasteiger partial charge is 0.306 e. The van der Waals surface area contributed by atoms with Crippen molar-refractivity contribution in [2.75, 3.05) is 29.9 Å². The molecule has 6 nitrogen and oxygen atoms in total. The van der Waals surface area contributed by atoms with Crippen LogP contribution in [0, 0.1) is 12.8 Å². The lowest BCUT2D eigenvalue weighted by Gasteiger charge is -2.31. The third-order valence-electron chi connectivity index (χ3n) is 4.78. The van der Waals surface area contributed by atoms with E-state index in [0.717, 1.165) is 49.9 Å². The number of benzene rings is 1. The Morgan fingerprint density at radius 3 is 2.65 bits per heavy atom. The number of carboxylic acid groups (broad SMARTS) is 1. The summed E-state index contributed by atoms with van der Waals surface area (Å²) in [5.74, 6) is 1.52. The van der Waals surface area contributed by atoms with Gasteiger partial charge in [-0.2, -0.15) is 0 Å². The molecule has 0 bridgehead atoms. The molecule has 1 aromatic carbocycles. The second kappa shape index (κ2) is 8.65. The molecule has 1 saturated heterocycles. The second-order valence-electron chi connectivity index (χ2n) is 6.77. The van der Waals surface area contributed by atoms with Crippen LogP contribution in [0.5, 0.6) is 0 Å². The molecule has 1 aliphatic heterocycles. The van der Waals surface area contributed by atoms with Gasteiger partial charge in [-0.25, -0.2) is 9.97 Å². The van der Waals surface area contributed by atoms with Crippen molar-refractivity contribution in [1.29, 1.82) is 0 Å². The Balaban J connectivity index is 1.53. The molecule has 1 aromatic heterocycles. The molecule has 1 aliphatic rings. The topological polar surface area (TPSA) is 78.4 Å². The summed E-state index contributed by atoms with van der Waals surface area (Å²) in [6.07, 6.45) is 3.40. The minimum Gasteiger partial charge on any atom is -0.481 e. The Labute approximate surface area is 154 Å². The summed E-state index contributed by atoms with van der Waals surface area (Å²) < 4.78 is 0. The summed E-state index contributed by atoms with van der Waals surface area (Å²) in [5, 5.41) is 12.5. The molecule has 0 saturated carbocycles. The van der Waals surface area contributed by atoms with Gasteiger partial charge in [-0.05, 0) is 38.2 Å². The number of anilines is 2. The highest BCUT2D eigenvalue weighted by molar-refractivity contribution is 5.70. The summed E-state index contributed by atoms with van der Waals surface area (Å²) in [7, 11) is 0. The number of aryl methyl sites for hydroxylation is 2. The van der Waals surface area contributed by atoms with E-state index in [2.05, 4.69) is 44.5 Å². The van der Waals surface area contributed by atoms with Gasteiger partial charge < -0.3 is 15.3 Å². The van der Waals surface area contributed by atoms with Crippen LogP contribution in [0.1, 0.15) is 30.7 Å². The fraction of sp³-hybridized carbons (Fsp3) is 0.450. The number of carboxylic acids is 1. The van der Waals surface area contributed by atoms with Gasteiger partial charge >= 0.3 is 5.97 Å². The molecule has 0 aliphatic carbocycles. The molecule has 0 spiro atoms. The zero-order valence-corrected chi connectivity index (χ0v) is 15.2. The summed E-state index contributed by atoms with van der Waals surface area (Å²) in [4.78, 5) is 22.3. The number of hydrogen-bond donors (Lipinski definition) is 2. The van der Waals surface area contributed by atoms with Crippen molar-refractivity contribution in [3.63, 3.8) is 0 Å². The van der Waals surface area contributed by atoms with Crippen molar-refractivity contribution in [2.45, 2.75) is 32.6 Å². The fourth-order valence-electron chi connectivity index (χ4n) is 3.31. The van der Waals surface area contributed by atoms with Gasteiger partial charge in [0.05, 0.1) is 5.92 Å². The Morgan fingerprint density at radius 1 is 1.23 bits per heavy atom. The van der Waals surface area contributed by atoms with Crippen molar-refractivity contribution in [3.8, 4) is 0 Å². The van der Waals surface area contributed by atoms with E-state index in [9.17, 15) is 4.79 Å². The zero-order valence-electron chi connectivity index (χ0n) is 15.2. The van der Waals surface area contributed by atoms with E-state index in [1.54, 1.807) is 0 Å². The fourth-order valence-corrected chi connectivity index (χ4v) is 3.31. The average molecular weight is 354 g/mol. The maximum Gasteiger partial charge on any atom is 0.306 e. The maximum atomic E-state index is 11.1. The number of rotatable bonds is 7. The van der Waals surface area contributed by atoms with Crippen LogP contribution >= 0.6 is 0 Å². The van der Waals surface area contributed by atoms with Crippen molar-refractivity contribution in [1.82, 2.24) is 9.97 Å². The number of aromatic nitrogens is 2. The van der Waals surface area contributed by atoms with Crippen LogP contribution in [0.25, 0.3) is 0 Å². The minimum absolute atomic E-state index is 0.232.